The molecule has 0 bridgehead atoms. The number of piperidine rings is 1. The zero-order valence-corrected chi connectivity index (χ0v) is 12.0. The zero-order chi connectivity index (χ0) is 15.4. The van der Waals surface area contributed by atoms with Gasteiger partial charge in [-0.3, -0.25) is 9.69 Å². The van der Waals surface area contributed by atoms with Gasteiger partial charge in [0.25, 0.3) is 0 Å². The van der Waals surface area contributed by atoms with Gasteiger partial charge in [-0.15, -0.1) is 0 Å². The number of hydrogen-bond acceptors (Lipinski definition) is 4. The van der Waals surface area contributed by atoms with Crippen molar-refractivity contribution in [2.75, 3.05) is 13.7 Å². The molecule has 0 radical (unpaired) electrons. The van der Waals surface area contributed by atoms with Crippen molar-refractivity contribution in [1.29, 1.82) is 0 Å². The van der Waals surface area contributed by atoms with Crippen molar-refractivity contribution in [3.63, 3.8) is 0 Å². The predicted molar refractivity (Wildman–Crippen MR) is 75.0 cm³/mol. The highest BCUT2D eigenvalue weighted by Crippen LogP contribution is 2.20. The summed E-state index contributed by atoms with van der Waals surface area (Å²) < 4.78 is 18.4. The molecule has 2 N–H and O–H groups in total. The number of methoxy groups -OCH3 is 1. The monoisotopic (exact) mass is 294 g/mol. The summed E-state index contributed by atoms with van der Waals surface area (Å²) in [4.78, 5) is 24.7. The molecule has 114 valence electrons. The number of esters is 1. The van der Waals surface area contributed by atoms with Crippen molar-refractivity contribution in [1.82, 2.24) is 4.90 Å². The van der Waals surface area contributed by atoms with Gasteiger partial charge in [0.1, 0.15) is 5.82 Å². The van der Waals surface area contributed by atoms with Crippen molar-refractivity contribution in [3.8, 4) is 0 Å². The molecule has 6 heteroatoms. The molecule has 1 unspecified atom stereocenters. The second-order valence-corrected chi connectivity index (χ2v) is 5.19. The van der Waals surface area contributed by atoms with E-state index in [1.165, 1.54) is 19.2 Å². The van der Waals surface area contributed by atoms with Gasteiger partial charge < -0.3 is 10.5 Å². The third kappa shape index (κ3) is 3.58. The summed E-state index contributed by atoms with van der Waals surface area (Å²) in [5, 5.41) is 0. The molecule has 1 atom stereocenters. The predicted octanol–water partition coefficient (Wildman–Crippen LogP) is 1.45. The largest absolute Gasteiger partial charge is 0.465 e. The molecule has 1 aliphatic rings. The molecular weight excluding hydrogens is 275 g/mol. The lowest BCUT2D eigenvalue weighted by Crippen LogP contribution is -2.47. The molecule has 5 nitrogen and oxygen atoms in total. The van der Waals surface area contributed by atoms with E-state index >= 15 is 0 Å². The first kappa shape index (κ1) is 15.4. The molecule has 21 heavy (non-hydrogen) atoms. The summed E-state index contributed by atoms with van der Waals surface area (Å²) in [7, 11) is 1.21. The zero-order valence-electron chi connectivity index (χ0n) is 12.0. The van der Waals surface area contributed by atoms with Crippen LogP contribution in [-0.2, 0) is 16.1 Å². The molecule has 1 aromatic carbocycles. The summed E-state index contributed by atoms with van der Waals surface area (Å²) >= 11 is 0. The molecule has 0 saturated carbocycles. The van der Waals surface area contributed by atoms with Crippen LogP contribution in [0.15, 0.2) is 18.2 Å². The van der Waals surface area contributed by atoms with E-state index in [9.17, 15) is 14.0 Å². The summed E-state index contributed by atoms with van der Waals surface area (Å²) in [5.74, 6) is -1.67. The number of carbonyl (C=O) groups excluding carboxylic acids is 2. The van der Waals surface area contributed by atoms with E-state index in [1.54, 1.807) is 6.07 Å². The Hall–Kier alpha value is -1.95. The van der Waals surface area contributed by atoms with E-state index in [-0.39, 0.29) is 17.5 Å². The molecule has 1 amide bonds. The molecule has 0 aliphatic carbocycles. The Morgan fingerprint density at radius 3 is 2.81 bits per heavy atom. The number of carbonyl (C=O) groups is 2. The SMILES string of the molecule is COC(=O)c1ccc(CN2CCCCC2C(N)=O)cc1F. The Kier molecular flexibility index (Phi) is 4.90. The number of nitrogens with two attached hydrogens (primary N) is 1. The topological polar surface area (TPSA) is 72.6 Å². The van der Waals surface area contributed by atoms with E-state index in [0.717, 1.165) is 25.8 Å². The first-order chi connectivity index (χ1) is 10.0. The van der Waals surface area contributed by atoms with E-state index in [1.807, 2.05) is 4.90 Å². The molecule has 0 aromatic heterocycles. The number of primary amides is 1. The van der Waals surface area contributed by atoms with E-state index in [0.29, 0.717) is 12.1 Å². The average molecular weight is 294 g/mol. The maximum Gasteiger partial charge on any atom is 0.340 e. The molecule has 0 spiro atoms. The van der Waals surface area contributed by atoms with Crippen LogP contribution in [0.1, 0.15) is 35.2 Å². The lowest BCUT2D eigenvalue weighted by atomic mass is 10.0. The lowest BCUT2D eigenvalue weighted by Gasteiger charge is -2.33. The number of hydrogen-bond donors (Lipinski definition) is 1. The molecule has 1 aliphatic heterocycles. The number of rotatable bonds is 4. The smallest absolute Gasteiger partial charge is 0.340 e. The van der Waals surface area contributed by atoms with Crippen LogP contribution in [0.5, 0.6) is 0 Å². The first-order valence-electron chi connectivity index (χ1n) is 6.93. The van der Waals surface area contributed by atoms with Gasteiger partial charge >= 0.3 is 5.97 Å². The van der Waals surface area contributed by atoms with E-state index < -0.39 is 11.8 Å². The van der Waals surface area contributed by atoms with Gasteiger partial charge in [0.2, 0.25) is 5.91 Å². The average Bonchev–Trinajstić information content (AvgIpc) is 2.47. The molecular formula is C15H19FN2O3. The quantitative estimate of drug-likeness (QED) is 0.853. The highest BCUT2D eigenvalue weighted by molar-refractivity contribution is 5.89. The minimum absolute atomic E-state index is 0.0913. The summed E-state index contributed by atoms with van der Waals surface area (Å²) in [5.41, 5.74) is 6.02. The van der Waals surface area contributed by atoms with Gasteiger partial charge in [-0.2, -0.15) is 0 Å². The number of benzene rings is 1. The number of ether oxygens (including phenoxy) is 1. The summed E-state index contributed by atoms with van der Waals surface area (Å²) in [6.07, 6.45) is 2.70. The fourth-order valence-electron chi connectivity index (χ4n) is 2.67. The van der Waals surface area contributed by atoms with Gasteiger partial charge in [0.05, 0.1) is 18.7 Å². The molecule has 1 saturated heterocycles. The van der Waals surface area contributed by atoms with Crippen LogP contribution in [0.2, 0.25) is 0 Å². The molecule has 1 fully saturated rings. The highest BCUT2D eigenvalue weighted by Gasteiger charge is 2.27. The van der Waals surface area contributed by atoms with Gasteiger partial charge in [-0.05, 0) is 37.1 Å². The second-order valence-electron chi connectivity index (χ2n) is 5.19. The maximum absolute atomic E-state index is 13.9. The van der Waals surface area contributed by atoms with Gasteiger partial charge in [-0.1, -0.05) is 12.5 Å². The van der Waals surface area contributed by atoms with Crippen molar-refractivity contribution >= 4 is 11.9 Å². The van der Waals surface area contributed by atoms with Crippen LogP contribution in [0.25, 0.3) is 0 Å². The fraction of sp³-hybridized carbons (Fsp3) is 0.467. The van der Waals surface area contributed by atoms with Gasteiger partial charge in [0, 0.05) is 6.54 Å². The van der Waals surface area contributed by atoms with Crippen LogP contribution in [0.4, 0.5) is 4.39 Å². The van der Waals surface area contributed by atoms with E-state index in [2.05, 4.69) is 4.74 Å². The maximum atomic E-state index is 13.9. The molecule has 2 rings (SSSR count). The minimum Gasteiger partial charge on any atom is -0.465 e. The van der Waals surface area contributed by atoms with E-state index in [4.69, 9.17) is 5.73 Å². The van der Waals surface area contributed by atoms with Crippen molar-refractivity contribution in [2.45, 2.75) is 31.8 Å². The Morgan fingerprint density at radius 2 is 2.19 bits per heavy atom. The summed E-state index contributed by atoms with van der Waals surface area (Å²) in [6.45, 7) is 1.19. The Balaban J connectivity index is 2.13. The van der Waals surface area contributed by atoms with Crippen molar-refractivity contribution < 1.29 is 18.7 Å². The second kappa shape index (κ2) is 6.67. The van der Waals surface area contributed by atoms with Crippen LogP contribution < -0.4 is 5.73 Å². The normalized spacial score (nSPS) is 19.2. The standard InChI is InChI=1S/C15H19FN2O3/c1-21-15(20)11-6-5-10(8-12(11)16)9-18-7-3-2-4-13(18)14(17)19/h5-6,8,13H,2-4,7,9H2,1H3,(H2,17,19). The fourth-order valence-corrected chi connectivity index (χ4v) is 2.67. The van der Waals surface area contributed by atoms with Crippen LogP contribution in [-0.4, -0.2) is 36.5 Å². The number of nitrogens with zero attached hydrogens (tertiary/aromatic N) is 1. The number of likely N-dealkylation sites (tertiary alicyclic amines) is 1. The minimum atomic E-state index is -0.702. The molecule has 1 heterocycles. The Morgan fingerprint density at radius 1 is 1.43 bits per heavy atom. The Labute approximate surface area is 122 Å². The van der Waals surface area contributed by atoms with Crippen LogP contribution in [0.3, 0.4) is 0 Å². The first-order valence-corrected chi connectivity index (χ1v) is 6.93. The van der Waals surface area contributed by atoms with Crippen LogP contribution >= 0.6 is 0 Å². The lowest BCUT2D eigenvalue weighted by molar-refractivity contribution is -0.124. The van der Waals surface area contributed by atoms with Gasteiger partial charge in [0.15, 0.2) is 0 Å². The third-order valence-electron chi connectivity index (χ3n) is 3.77. The third-order valence-corrected chi connectivity index (χ3v) is 3.77. The number of halogens is 1. The van der Waals surface area contributed by atoms with Crippen molar-refractivity contribution in [2.24, 2.45) is 5.73 Å². The Bertz CT molecular complexity index is 548. The van der Waals surface area contributed by atoms with Crippen molar-refractivity contribution in [3.05, 3.63) is 35.1 Å². The summed E-state index contributed by atoms with van der Waals surface area (Å²) in [6, 6.07) is 4.07. The highest BCUT2D eigenvalue weighted by atomic mass is 19.1. The number of amides is 1. The molecule has 1 aromatic rings. The van der Waals surface area contributed by atoms with Gasteiger partial charge in [-0.25, -0.2) is 9.18 Å². The van der Waals surface area contributed by atoms with Crippen LogP contribution in [0, 0.1) is 5.82 Å².